The van der Waals surface area contributed by atoms with Gasteiger partial charge in [0.15, 0.2) is 5.16 Å². The van der Waals surface area contributed by atoms with Gasteiger partial charge in [-0.1, -0.05) is 17.8 Å². The van der Waals surface area contributed by atoms with Gasteiger partial charge in [0.2, 0.25) is 0 Å². The molecule has 0 saturated carbocycles. The summed E-state index contributed by atoms with van der Waals surface area (Å²) in [5.41, 5.74) is 1.42. The monoisotopic (exact) mass is 375 g/mol. The fraction of sp³-hybridized carbons (Fsp3) is 0.375. The van der Waals surface area contributed by atoms with E-state index in [4.69, 9.17) is 0 Å². The summed E-state index contributed by atoms with van der Waals surface area (Å²) in [5.74, 6) is 0.689. The van der Waals surface area contributed by atoms with Gasteiger partial charge in [0, 0.05) is 50.9 Å². The van der Waals surface area contributed by atoms with Crippen molar-refractivity contribution in [2.45, 2.75) is 5.16 Å². The van der Waals surface area contributed by atoms with Crippen molar-refractivity contribution >= 4 is 35.2 Å². The molecule has 1 aromatic carbocycles. The smallest absolute Gasteiger partial charge is 0.324 e. The molecule has 10 heteroatoms. The second-order valence-electron chi connectivity index (χ2n) is 5.86. The maximum Gasteiger partial charge on any atom is 0.324 e. The fourth-order valence-corrected chi connectivity index (χ4v) is 3.27. The zero-order chi connectivity index (χ0) is 18.5. The molecule has 2 aromatic rings. The number of hydrogen-bond acceptors (Lipinski definition) is 5. The molecule has 3 rings (SSSR count). The van der Waals surface area contributed by atoms with Crippen LogP contribution in [-0.2, 0) is 7.05 Å². The van der Waals surface area contributed by atoms with E-state index < -0.39 is 0 Å². The predicted octanol–water partition coefficient (Wildman–Crippen LogP) is 1.60. The van der Waals surface area contributed by atoms with Gasteiger partial charge in [-0.2, -0.15) is 0 Å². The van der Waals surface area contributed by atoms with Gasteiger partial charge in [-0.05, 0) is 18.2 Å². The largest absolute Gasteiger partial charge is 0.337 e. The summed E-state index contributed by atoms with van der Waals surface area (Å²) in [6, 6.07) is 6.95. The van der Waals surface area contributed by atoms with Crippen LogP contribution in [0.5, 0.6) is 0 Å². The summed E-state index contributed by atoms with van der Waals surface area (Å²) in [7, 11) is 3.65. The molecule has 0 atom stereocenters. The Morgan fingerprint density at radius 3 is 2.85 bits per heavy atom. The zero-order valence-corrected chi connectivity index (χ0v) is 15.5. The topological polar surface area (TPSA) is 95.4 Å². The van der Waals surface area contributed by atoms with E-state index in [1.54, 1.807) is 35.3 Å². The van der Waals surface area contributed by atoms with E-state index in [1.807, 2.05) is 23.7 Å². The number of amides is 4. The van der Waals surface area contributed by atoms with Crippen LogP contribution in [0.25, 0.3) is 0 Å². The van der Waals surface area contributed by atoms with E-state index >= 15 is 0 Å². The second kappa shape index (κ2) is 8.09. The van der Waals surface area contributed by atoms with Gasteiger partial charge < -0.3 is 20.1 Å². The van der Waals surface area contributed by atoms with Gasteiger partial charge in [-0.15, -0.1) is 10.2 Å². The third kappa shape index (κ3) is 4.26. The Labute approximate surface area is 155 Å². The number of nitrogens with zero attached hydrogens (tertiary/aromatic N) is 5. The van der Waals surface area contributed by atoms with Crippen LogP contribution in [-0.4, -0.2) is 64.2 Å². The van der Waals surface area contributed by atoms with Crippen LogP contribution >= 0.6 is 11.8 Å². The lowest BCUT2D eigenvalue weighted by Crippen LogP contribution is -2.31. The maximum atomic E-state index is 12.1. The Morgan fingerprint density at radius 2 is 2.15 bits per heavy atom. The minimum Gasteiger partial charge on any atom is -0.337 e. The average Bonchev–Trinajstić information content (AvgIpc) is 3.18. The Hall–Kier alpha value is -2.75. The zero-order valence-electron chi connectivity index (χ0n) is 14.7. The lowest BCUT2D eigenvalue weighted by Gasteiger charge is -2.17. The molecule has 9 nitrogen and oxygen atoms in total. The van der Waals surface area contributed by atoms with E-state index in [-0.39, 0.29) is 12.1 Å². The van der Waals surface area contributed by atoms with Crippen molar-refractivity contribution in [1.82, 2.24) is 25.0 Å². The quantitative estimate of drug-likeness (QED) is 0.591. The molecule has 0 aliphatic carbocycles. The summed E-state index contributed by atoms with van der Waals surface area (Å²) in [5, 5.41) is 14.2. The van der Waals surface area contributed by atoms with Crippen LogP contribution in [0.2, 0.25) is 0 Å². The number of nitrogens with one attached hydrogen (secondary N) is 2. The first-order chi connectivity index (χ1) is 12.5. The molecule has 1 aliphatic rings. The van der Waals surface area contributed by atoms with E-state index in [2.05, 4.69) is 20.8 Å². The third-order valence-corrected chi connectivity index (χ3v) is 4.96. The van der Waals surface area contributed by atoms with Gasteiger partial charge in [-0.25, -0.2) is 9.59 Å². The van der Waals surface area contributed by atoms with Crippen molar-refractivity contribution in [2.75, 3.05) is 42.7 Å². The highest BCUT2D eigenvalue weighted by Gasteiger charge is 2.26. The number of benzene rings is 1. The molecule has 0 spiro atoms. The summed E-state index contributed by atoms with van der Waals surface area (Å²) in [6.45, 7) is 1.84. The highest BCUT2D eigenvalue weighted by molar-refractivity contribution is 7.99. The van der Waals surface area contributed by atoms with Gasteiger partial charge in [0.25, 0.3) is 0 Å². The number of aromatic nitrogens is 3. The number of rotatable bonds is 6. The lowest BCUT2D eigenvalue weighted by molar-refractivity contribution is 0.229. The lowest BCUT2D eigenvalue weighted by atomic mass is 10.2. The van der Waals surface area contributed by atoms with E-state index in [0.717, 1.165) is 10.8 Å². The Morgan fingerprint density at radius 1 is 1.31 bits per heavy atom. The Kier molecular flexibility index (Phi) is 5.61. The number of hydrogen-bond donors (Lipinski definition) is 2. The van der Waals surface area contributed by atoms with Crippen LogP contribution in [0.1, 0.15) is 0 Å². The van der Waals surface area contributed by atoms with Gasteiger partial charge >= 0.3 is 12.1 Å². The number of aryl methyl sites for hydroxylation is 1. The molecule has 1 aromatic heterocycles. The van der Waals surface area contributed by atoms with Crippen molar-refractivity contribution in [2.24, 2.45) is 7.05 Å². The first-order valence-corrected chi connectivity index (χ1v) is 9.17. The molecule has 1 saturated heterocycles. The molecular weight excluding hydrogens is 354 g/mol. The number of thioether (sulfide) groups is 1. The number of carbonyl (C=O) groups excluding carboxylic acids is 2. The standard InChI is InChI=1S/C16H21N7O2S/c1-21-7-8-23(16(21)25)13-5-3-4-12(10-13)19-14(24)17-6-9-26-15-20-18-11-22(15)2/h3-5,10-11H,6-9H2,1-2H3,(H2,17,19,24). The molecule has 2 heterocycles. The van der Waals surface area contributed by atoms with E-state index in [9.17, 15) is 9.59 Å². The molecule has 1 fully saturated rings. The molecule has 0 unspecified atom stereocenters. The molecule has 2 N–H and O–H groups in total. The normalized spacial score (nSPS) is 14.0. The van der Waals surface area contributed by atoms with Gasteiger partial charge in [0.1, 0.15) is 6.33 Å². The fourth-order valence-electron chi connectivity index (χ4n) is 2.52. The molecule has 1 aliphatic heterocycles. The summed E-state index contributed by atoms with van der Waals surface area (Å²) >= 11 is 1.52. The maximum absolute atomic E-state index is 12.1. The predicted molar refractivity (Wildman–Crippen MR) is 101 cm³/mol. The number of likely N-dealkylation sites (N-methyl/N-ethyl adjacent to an activating group) is 1. The molecule has 26 heavy (non-hydrogen) atoms. The van der Waals surface area contributed by atoms with Crippen LogP contribution in [0, 0.1) is 0 Å². The summed E-state index contributed by atoms with van der Waals surface area (Å²) in [4.78, 5) is 27.5. The molecular formula is C16H21N7O2S. The van der Waals surface area contributed by atoms with Gasteiger partial charge in [0.05, 0.1) is 0 Å². The van der Waals surface area contributed by atoms with E-state index in [1.165, 1.54) is 11.8 Å². The Balaban J connectivity index is 1.48. The minimum atomic E-state index is -0.286. The van der Waals surface area contributed by atoms with E-state index in [0.29, 0.717) is 31.1 Å². The summed E-state index contributed by atoms with van der Waals surface area (Å²) < 4.78 is 1.83. The first kappa shape index (κ1) is 18.1. The number of anilines is 2. The van der Waals surface area contributed by atoms with Crippen molar-refractivity contribution < 1.29 is 9.59 Å². The molecule has 0 radical (unpaired) electrons. The van der Waals surface area contributed by atoms with Crippen molar-refractivity contribution in [3.05, 3.63) is 30.6 Å². The summed E-state index contributed by atoms with van der Waals surface area (Å²) in [6.07, 6.45) is 1.64. The Bertz CT molecular complexity index is 794. The van der Waals surface area contributed by atoms with Crippen molar-refractivity contribution in [1.29, 1.82) is 0 Å². The average molecular weight is 375 g/mol. The van der Waals surface area contributed by atoms with Crippen molar-refractivity contribution in [3.8, 4) is 0 Å². The van der Waals surface area contributed by atoms with Crippen LogP contribution < -0.4 is 15.5 Å². The van der Waals surface area contributed by atoms with Crippen molar-refractivity contribution in [3.63, 3.8) is 0 Å². The first-order valence-electron chi connectivity index (χ1n) is 8.19. The van der Waals surface area contributed by atoms with Crippen LogP contribution in [0.3, 0.4) is 0 Å². The van der Waals surface area contributed by atoms with Crippen LogP contribution in [0.4, 0.5) is 21.0 Å². The highest BCUT2D eigenvalue weighted by Crippen LogP contribution is 2.23. The van der Waals surface area contributed by atoms with Gasteiger partial charge in [-0.3, -0.25) is 4.90 Å². The minimum absolute atomic E-state index is 0.0348. The number of urea groups is 2. The molecule has 4 amide bonds. The SMILES string of the molecule is CN1CCN(c2cccc(NC(=O)NCCSc3nncn3C)c2)C1=O. The third-order valence-electron chi connectivity index (χ3n) is 3.92. The molecule has 0 bridgehead atoms. The van der Waals surface area contributed by atoms with Crippen LogP contribution in [0.15, 0.2) is 35.7 Å². The number of carbonyl (C=O) groups is 2. The molecule has 138 valence electrons. The second-order valence-corrected chi connectivity index (χ2v) is 6.92. The highest BCUT2D eigenvalue weighted by atomic mass is 32.2.